The lowest BCUT2D eigenvalue weighted by molar-refractivity contribution is 0.1000. The number of aromatic nitrogens is 2. The van der Waals surface area contributed by atoms with Gasteiger partial charge >= 0.3 is 6.09 Å². The maximum absolute atomic E-state index is 13.7. The number of ether oxygens (including phenoxy) is 2. The number of primary amides is 1. The van der Waals surface area contributed by atoms with E-state index in [0.717, 1.165) is 5.56 Å². The minimum atomic E-state index is -0.657. The van der Waals surface area contributed by atoms with E-state index >= 15 is 0 Å². The van der Waals surface area contributed by atoms with Crippen molar-refractivity contribution in [3.05, 3.63) is 85.1 Å². The van der Waals surface area contributed by atoms with Crippen LogP contribution in [-0.4, -0.2) is 28.6 Å². The van der Waals surface area contributed by atoms with Crippen LogP contribution in [0, 0.1) is 19.7 Å². The van der Waals surface area contributed by atoms with Crippen molar-refractivity contribution in [1.82, 2.24) is 14.9 Å². The zero-order chi connectivity index (χ0) is 25.0. The standard InChI is InChI=1S/C23H22BrFN4O5/c1-12-4-5-14(20(26)30)9-18(12)29-13(2)28-21(19(24)22(29)31)33-10-15-6-7-17(25)8-16(15)11-34-23(32)27-3/h4-9H,10-11H2,1-3H3,(H2,26,30)(H,27,32). The predicted molar refractivity (Wildman–Crippen MR) is 126 cm³/mol. The minimum absolute atomic E-state index is 0.0324. The van der Waals surface area contributed by atoms with Gasteiger partial charge in [-0.05, 0) is 70.7 Å². The molecule has 0 unspecified atom stereocenters. The van der Waals surface area contributed by atoms with Crippen LogP contribution in [0.3, 0.4) is 0 Å². The van der Waals surface area contributed by atoms with Gasteiger partial charge in [-0.1, -0.05) is 12.1 Å². The summed E-state index contributed by atoms with van der Waals surface area (Å²) in [5, 5.41) is 2.31. The van der Waals surface area contributed by atoms with E-state index < -0.39 is 23.4 Å². The molecule has 0 aliphatic rings. The number of carbonyl (C=O) groups excluding carboxylic acids is 2. The summed E-state index contributed by atoms with van der Waals surface area (Å²) in [5.74, 6) is -0.764. The number of benzene rings is 2. The maximum Gasteiger partial charge on any atom is 0.407 e. The van der Waals surface area contributed by atoms with Gasteiger partial charge in [0.25, 0.3) is 5.56 Å². The summed E-state index contributed by atoms with van der Waals surface area (Å²) in [6.07, 6.45) is -0.657. The largest absolute Gasteiger partial charge is 0.472 e. The number of hydrogen-bond donors (Lipinski definition) is 2. The van der Waals surface area contributed by atoms with Crippen LogP contribution in [0.15, 0.2) is 45.7 Å². The first kappa shape index (κ1) is 24.9. The fourth-order valence-corrected chi connectivity index (χ4v) is 3.58. The van der Waals surface area contributed by atoms with Crippen LogP contribution in [0.5, 0.6) is 5.88 Å². The summed E-state index contributed by atoms with van der Waals surface area (Å²) in [7, 11) is 1.41. The molecule has 2 aromatic carbocycles. The number of aryl methyl sites for hydroxylation is 2. The molecule has 0 fully saturated rings. The van der Waals surface area contributed by atoms with Crippen LogP contribution >= 0.6 is 15.9 Å². The molecule has 9 nitrogen and oxygen atoms in total. The van der Waals surface area contributed by atoms with E-state index in [0.29, 0.717) is 22.6 Å². The van der Waals surface area contributed by atoms with Gasteiger partial charge in [0, 0.05) is 12.6 Å². The van der Waals surface area contributed by atoms with Gasteiger partial charge in [0.05, 0.1) is 5.69 Å². The van der Waals surface area contributed by atoms with Gasteiger partial charge in [-0.3, -0.25) is 14.2 Å². The Hall–Kier alpha value is -3.73. The lowest BCUT2D eigenvalue weighted by Gasteiger charge is -2.16. The molecule has 2 amide bonds. The topological polar surface area (TPSA) is 126 Å². The molecule has 178 valence electrons. The highest BCUT2D eigenvalue weighted by Gasteiger charge is 2.18. The first-order valence-electron chi connectivity index (χ1n) is 10.1. The van der Waals surface area contributed by atoms with E-state index in [2.05, 4.69) is 26.2 Å². The van der Waals surface area contributed by atoms with Gasteiger partial charge in [-0.25, -0.2) is 9.18 Å². The molecule has 0 aliphatic carbocycles. The van der Waals surface area contributed by atoms with Crippen LogP contribution in [-0.2, 0) is 18.0 Å². The zero-order valence-corrected chi connectivity index (χ0v) is 20.2. The van der Waals surface area contributed by atoms with Crippen LogP contribution in [0.4, 0.5) is 9.18 Å². The normalized spacial score (nSPS) is 10.6. The SMILES string of the molecule is CNC(=O)OCc1cc(F)ccc1COc1nc(C)n(-c2cc(C(N)=O)ccc2C)c(=O)c1Br. The number of nitrogens with one attached hydrogen (secondary N) is 1. The number of amides is 2. The molecule has 0 bridgehead atoms. The smallest absolute Gasteiger partial charge is 0.407 e. The van der Waals surface area contributed by atoms with E-state index in [-0.39, 0.29) is 29.1 Å². The summed E-state index contributed by atoms with van der Waals surface area (Å²) in [4.78, 5) is 40.5. The van der Waals surface area contributed by atoms with Crippen LogP contribution in [0.25, 0.3) is 5.69 Å². The number of halogens is 2. The quantitative estimate of drug-likeness (QED) is 0.480. The number of nitrogens with two attached hydrogens (primary N) is 1. The Balaban J connectivity index is 1.92. The Morgan fingerprint density at radius 3 is 2.56 bits per heavy atom. The van der Waals surface area contributed by atoms with Crippen molar-refractivity contribution in [2.75, 3.05) is 7.05 Å². The molecule has 0 saturated heterocycles. The van der Waals surface area contributed by atoms with Gasteiger partial charge in [0.1, 0.15) is 29.3 Å². The Bertz CT molecular complexity index is 1330. The molecule has 0 radical (unpaired) electrons. The number of carbonyl (C=O) groups is 2. The zero-order valence-electron chi connectivity index (χ0n) is 18.6. The average molecular weight is 533 g/mol. The summed E-state index contributed by atoms with van der Waals surface area (Å²) >= 11 is 3.25. The van der Waals surface area contributed by atoms with E-state index in [9.17, 15) is 18.8 Å². The molecule has 3 aromatic rings. The number of alkyl carbamates (subject to hydrolysis) is 1. The molecule has 3 N–H and O–H groups in total. The third-order valence-corrected chi connectivity index (χ3v) is 5.67. The molecule has 3 rings (SSSR count). The first-order chi connectivity index (χ1) is 16.1. The third kappa shape index (κ3) is 5.42. The number of nitrogens with zero attached hydrogens (tertiary/aromatic N) is 2. The molecule has 0 aliphatic heterocycles. The highest BCUT2D eigenvalue weighted by molar-refractivity contribution is 9.10. The van der Waals surface area contributed by atoms with E-state index in [4.69, 9.17) is 15.2 Å². The molecule has 0 atom stereocenters. The van der Waals surface area contributed by atoms with Crippen molar-refractivity contribution in [3.8, 4) is 11.6 Å². The summed E-state index contributed by atoms with van der Waals surface area (Å²) < 4.78 is 25.9. The van der Waals surface area contributed by atoms with Crippen molar-refractivity contribution in [1.29, 1.82) is 0 Å². The summed E-state index contributed by atoms with van der Waals surface area (Å²) in [6, 6.07) is 8.78. The number of hydrogen-bond acceptors (Lipinski definition) is 6. The average Bonchev–Trinajstić information content (AvgIpc) is 2.80. The fraction of sp³-hybridized carbons (Fsp3) is 0.217. The van der Waals surface area contributed by atoms with Crippen molar-refractivity contribution < 1.29 is 23.5 Å². The first-order valence-corrected chi connectivity index (χ1v) is 10.9. The second-order valence-corrected chi connectivity index (χ2v) is 8.11. The Morgan fingerprint density at radius 1 is 1.15 bits per heavy atom. The lowest BCUT2D eigenvalue weighted by Crippen LogP contribution is -2.25. The van der Waals surface area contributed by atoms with Crippen molar-refractivity contribution in [2.24, 2.45) is 5.73 Å². The maximum atomic E-state index is 13.7. The van der Waals surface area contributed by atoms with E-state index in [1.54, 1.807) is 26.0 Å². The molecular formula is C23H22BrFN4O5. The molecule has 1 aromatic heterocycles. The monoisotopic (exact) mass is 532 g/mol. The molecule has 0 spiro atoms. The van der Waals surface area contributed by atoms with Crippen LogP contribution in [0.1, 0.15) is 32.9 Å². The second kappa shape index (κ2) is 10.5. The van der Waals surface area contributed by atoms with Gasteiger partial charge in [0.2, 0.25) is 11.8 Å². The highest BCUT2D eigenvalue weighted by atomic mass is 79.9. The molecular weight excluding hydrogens is 511 g/mol. The van der Waals surface area contributed by atoms with Gasteiger partial charge in [0.15, 0.2) is 0 Å². The van der Waals surface area contributed by atoms with Crippen LogP contribution < -0.4 is 21.3 Å². The van der Waals surface area contributed by atoms with Gasteiger partial charge < -0.3 is 20.5 Å². The van der Waals surface area contributed by atoms with Crippen molar-refractivity contribution in [3.63, 3.8) is 0 Å². The predicted octanol–water partition coefficient (Wildman–Crippen LogP) is 3.28. The van der Waals surface area contributed by atoms with Crippen LogP contribution in [0.2, 0.25) is 0 Å². The minimum Gasteiger partial charge on any atom is -0.472 e. The van der Waals surface area contributed by atoms with Gasteiger partial charge in [-0.15, -0.1) is 0 Å². The fourth-order valence-electron chi connectivity index (χ4n) is 3.20. The van der Waals surface area contributed by atoms with Crippen molar-refractivity contribution >= 4 is 27.9 Å². The molecule has 11 heteroatoms. The van der Waals surface area contributed by atoms with Gasteiger partial charge in [-0.2, -0.15) is 4.98 Å². The molecule has 0 saturated carbocycles. The van der Waals surface area contributed by atoms with E-state index in [1.807, 2.05) is 0 Å². The Labute approximate surface area is 202 Å². The summed E-state index contributed by atoms with van der Waals surface area (Å²) in [5.41, 5.74) is 7.34. The third-order valence-electron chi connectivity index (χ3n) is 5.00. The van der Waals surface area contributed by atoms with E-state index in [1.165, 1.54) is 35.9 Å². The lowest BCUT2D eigenvalue weighted by atomic mass is 10.1. The Kier molecular flexibility index (Phi) is 7.67. The molecule has 1 heterocycles. The van der Waals surface area contributed by atoms with Crippen molar-refractivity contribution in [2.45, 2.75) is 27.1 Å². The second-order valence-electron chi connectivity index (χ2n) is 7.31. The molecule has 34 heavy (non-hydrogen) atoms. The number of rotatable bonds is 7. The Morgan fingerprint density at radius 2 is 1.88 bits per heavy atom. The highest BCUT2D eigenvalue weighted by Crippen LogP contribution is 2.24. The summed E-state index contributed by atoms with van der Waals surface area (Å²) in [6.45, 7) is 3.19.